The summed E-state index contributed by atoms with van der Waals surface area (Å²) in [5.41, 5.74) is 5.70. The normalized spacial score (nSPS) is 22.8. The van der Waals surface area contributed by atoms with Gasteiger partial charge in [-0.05, 0) is 31.7 Å². The Morgan fingerprint density at radius 3 is 2.61 bits per heavy atom. The van der Waals surface area contributed by atoms with Gasteiger partial charge in [0.15, 0.2) is 0 Å². The largest absolute Gasteiger partial charge is 0.480 e. The minimum Gasteiger partial charge on any atom is -0.480 e. The maximum Gasteiger partial charge on any atom is 0.326 e. The van der Waals surface area contributed by atoms with E-state index in [4.69, 9.17) is 10.8 Å². The van der Waals surface area contributed by atoms with Crippen molar-refractivity contribution >= 4 is 11.9 Å². The van der Waals surface area contributed by atoms with Crippen LogP contribution < -0.4 is 16.4 Å². The van der Waals surface area contributed by atoms with Gasteiger partial charge in [0, 0.05) is 6.04 Å². The van der Waals surface area contributed by atoms with Gasteiger partial charge < -0.3 is 21.5 Å². The molecule has 1 saturated heterocycles. The van der Waals surface area contributed by atoms with Crippen LogP contribution in [0, 0.1) is 5.92 Å². The summed E-state index contributed by atoms with van der Waals surface area (Å²) in [6.07, 6.45) is 2.41. The van der Waals surface area contributed by atoms with Crippen LogP contribution >= 0.6 is 0 Å². The molecule has 5 N–H and O–H groups in total. The fourth-order valence-electron chi connectivity index (χ4n) is 2.03. The molecule has 2 unspecified atom stereocenters. The molecule has 104 valence electrons. The maximum absolute atomic E-state index is 11.8. The van der Waals surface area contributed by atoms with Crippen LogP contribution in [0.5, 0.6) is 0 Å². The molecule has 18 heavy (non-hydrogen) atoms. The van der Waals surface area contributed by atoms with Gasteiger partial charge in [0.25, 0.3) is 0 Å². The first-order valence-electron chi connectivity index (χ1n) is 6.44. The number of rotatable bonds is 6. The third-order valence-corrected chi connectivity index (χ3v) is 3.32. The van der Waals surface area contributed by atoms with Crippen molar-refractivity contribution in [2.24, 2.45) is 11.7 Å². The molecule has 0 radical (unpaired) electrons. The number of carboxylic acid groups (broad SMARTS) is 1. The van der Waals surface area contributed by atoms with E-state index < -0.39 is 24.0 Å². The summed E-state index contributed by atoms with van der Waals surface area (Å²) < 4.78 is 0. The number of carbonyl (C=O) groups is 2. The Bertz CT molecular complexity index is 301. The molecular formula is C12H23N3O3. The lowest BCUT2D eigenvalue weighted by Crippen LogP contribution is -2.51. The monoisotopic (exact) mass is 257 g/mol. The highest BCUT2D eigenvalue weighted by Gasteiger charge is 2.28. The first-order chi connectivity index (χ1) is 8.41. The molecule has 1 amide bonds. The molecule has 6 nitrogen and oxygen atoms in total. The first kappa shape index (κ1) is 14.9. The van der Waals surface area contributed by atoms with Gasteiger partial charge in [-0.3, -0.25) is 4.79 Å². The second kappa shape index (κ2) is 6.70. The fraction of sp³-hybridized carbons (Fsp3) is 0.833. The lowest BCUT2D eigenvalue weighted by molar-refractivity contribution is -0.142. The van der Waals surface area contributed by atoms with Gasteiger partial charge in [-0.1, -0.05) is 13.8 Å². The Hall–Kier alpha value is -1.14. The van der Waals surface area contributed by atoms with E-state index >= 15 is 0 Å². The zero-order valence-corrected chi connectivity index (χ0v) is 11.0. The van der Waals surface area contributed by atoms with Gasteiger partial charge in [-0.25, -0.2) is 4.79 Å². The Morgan fingerprint density at radius 2 is 2.17 bits per heavy atom. The van der Waals surface area contributed by atoms with Crippen molar-refractivity contribution in [2.45, 2.75) is 51.2 Å². The van der Waals surface area contributed by atoms with Crippen LogP contribution in [-0.4, -0.2) is 41.7 Å². The van der Waals surface area contributed by atoms with Crippen molar-refractivity contribution in [3.63, 3.8) is 0 Å². The molecule has 0 spiro atoms. The van der Waals surface area contributed by atoms with E-state index in [1.165, 1.54) is 0 Å². The maximum atomic E-state index is 11.8. The highest BCUT2D eigenvalue weighted by Crippen LogP contribution is 2.11. The van der Waals surface area contributed by atoms with Gasteiger partial charge in [-0.2, -0.15) is 0 Å². The lowest BCUT2D eigenvalue weighted by Gasteiger charge is -2.22. The second-order valence-corrected chi connectivity index (χ2v) is 5.20. The van der Waals surface area contributed by atoms with Crippen LogP contribution in [0.15, 0.2) is 0 Å². The zero-order valence-electron chi connectivity index (χ0n) is 11.0. The molecule has 0 aromatic rings. The van der Waals surface area contributed by atoms with Gasteiger partial charge in [0.1, 0.15) is 6.04 Å². The molecule has 0 saturated carbocycles. The summed E-state index contributed by atoms with van der Waals surface area (Å²) in [7, 11) is 0. The smallest absolute Gasteiger partial charge is 0.326 e. The Labute approximate surface area is 107 Å². The molecule has 0 aliphatic carbocycles. The summed E-state index contributed by atoms with van der Waals surface area (Å²) >= 11 is 0. The summed E-state index contributed by atoms with van der Waals surface area (Å²) in [6.45, 7) is 4.58. The topological polar surface area (TPSA) is 104 Å². The summed E-state index contributed by atoms with van der Waals surface area (Å²) in [4.78, 5) is 22.9. The molecule has 1 fully saturated rings. The summed E-state index contributed by atoms with van der Waals surface area (Å²) in [5, 5.41) is 14.9. The molecule has 0 aromatic carbocycles. The Kier molecular flexibility index (Phi) is 5.55. The quantitative estimate of drug-likeness (QED) is 0.522. The van der Waals surface area contributed by atoms with E-state index in [1.54, 1.807) is 0 Å². The molecule has 1 heterocycles. The molecule has 0 aromatic heterocycles. The van der Waals surface area contributed by atoms with Crippen molar-refractivity contribution in [1.82, 2.24) is 10.6 Å². The lowest BCUT2D eigenvalue weighted by atomic mass is 10.0. The van der Waals surface area contributed by atoms with Crippen LogP contribution in [0.2, 0.25) is 0 Å². The van der Waals surface area contributed by atoms with Crippen LogP contribution in [0.4, 0.5) is 0 Å². The van der Waals surface area contributed by atoms with Gasteiger partial charge in [-0.15, -0.1) is 0 Å². The van der Waals surface area contributed by atoms with Crippen LogP contribution in [0.25, 0.3) is 0 Å². The summed E-state index contributed by atoms with van der Waals surface area (Å²) in [5.74, 6) is -1.41. The third kappa shape index (κ3) is 4.27. The number of hydrogen-bond donors (Lipinski definition) is 4. The minimum absolute atomic E-state index is 0.0101. The Morgan fingerprint density at radius 1 is 1.50 bits per heavy atom. The molecule has 1 rings (SSSR count). The van der Waals surface area contributed by atoms with E-state index in [-0.39, 0.29) is 12.0 Å². The van der Waals surface area contributed by atoms with E-state index in [9.17, 15) is 9.59 Å². The molecule has 3 atom stereocenters. The Balaban J connectivity index is 2.51. The number of nitrogens with one attached hydrogen (secondary N) is 2. The predicted molar refractivity (Wildman–Crippen MR) is 68.0 cm³/mol. The van der Waals surface area contributed by atoms with Crippen LogP contribution in [-0.2, 0) is 9.59 Å². The molecule has 1 aliphatic heterocycles. The average molecular weight is 257 g/mol. The van der Waals surface area contributed by atoms with Gasteiger partial charge >= 0.3 is 5.97 Å². The van der Waals surface area contributed by atoms with E-state index in [0.29, 0.717) is 6.42 Å². The molecule has 0 bridgehead atoms. The first-order valence-corrected chi connectivity index (χ1v) is 6.44. The van der Waals surface area contributed by atoms with Crippen LogP contribution in [0.1, 0.15) is 33.1 Å². The molecule has 1 aliphatic rings. The number of carbonyl (C=O) groups excluding carboxylic acids is 1. The zero-order chi connectivity index (χ0) is 13.7. The third-order valence-electron chi connectivity index (χ3n) is 3.32. The highest BCUT2D eigenvalue weighted by atomic mass is 16.4. The minimum atomic E-state index is -1.01. The predicted octanol–water partition coefficient (Wildman–Crippen LogP) is -0.319. The molecule has 6 heteroatoms. The highest BCUT2D eigenvalue weighted by molar-refractivity contribution is 5.86. The number of amides is 1. The van der Waals surface area contributed by atoms with E-state index in [2.05, 4.69) is 10.6 Å². The summed E-state index contributed by atoms with van der Waals surface area (Å²) in [6, 6.07) is -1.36. The van der Waals surface area contributed by atoms with Crippen molar-refractivity contribution in [3.05, 3.63) is 0 Å². The van der Waals surface area contributed by atoms with Crippen molar-refractivity contribution < 1.29 is 14.7 Å². The second-order valence-electron chi connectivity index (χ2n) is 5.20. The molecular weight excluding hydrogens is 234 g/mol. The van der Waals surface area contributed by atoms with Crippen molar-refractivity contribution in [3.8, 4) is 0 Å². The number of nitrogens with two attached hydrogens (primary N) is 1. The fourth-order valence-corrected chi connectivity index (χ4v) is 2.03. The number of hydrogen-bond acceptors (Lipinski definition) is 4. The SMILES string of the molecule is CC(C)[C@H](N)C(=O)NC(CC1CCCN1)C(=O)O. The van der Waals surface area contributed by atoms with Gasteiger partial charge in [0.2, 0.25) is 5.91 Å². The van der Waals surface area contributed by atoms with Gasteiger partial charge in [0.05, 0.1) is 6.04 Å². The number of carboxylic acids is 1. The van der Waals surface area contributed by atoms with Crippen LogP contribution in [0.3, 0.4) is 0 Å². The average Bonchev–Trinajstić information content (AvgIpc) is 2.79. The van der Waals surface area contributed by atoms with E-state index in [0.717, 1.165) is 19.4 Å². The van der Waals surface area contributed by atoms with Crippen molar-refractivity contribution in [2.75, 3.05) is 6.54 Å². The van der Waals surface area contributed by atoms with Crippen molar-refractivity contribution in [1.29, 1.82) is 0 Å². The number of aliphatic carboxylic acids is 1. The standard InChI is InChI=1S/C12H23N3O3/c1-7(2)10(13)11(16)15-9(12(17)18)6-8-4-3-5-14-8/h7-10,14H,3-6,13H2,1-2H3,(H,15,16)(H,17,18)/t8?,9?,10-/m0/s1. The van der Waals surface area contributed by atoms with E-state index in [1.807, 2.05) is 13.8 Å².